The minimum Gasteiger partial charge on any atom is -0.494 e. The molecule has 0 unspecified atom stereocenters. The van der Waals surface area contributed by atoms with Gasteiger partial charge in [0.25, 0.3) is 11.8 Å². The highest BCUT2D eigenvalue weighted by Gasteiger charge is 2.15. The summed E-state index contributed by atoms with van der Waals surface area (Å²) in [4.78, 5) is 43.9. The molecule has 43 heavy (non-hydrogen) atoms. The molecule has 0 aliphatic heterocycles. The van der Waals surface area contributed by atoms with E-state index in [0.717, 1.165) is 26.4 Å². The third-order valence-corrected chi connectivity index (χ3v) is 7.98. The Morgan fingerprint density at radius 3 is 2.33 bits per heavy atom. The molecule has 3 amide bonds. The van der Waals surface area contributed by atoms with Gasteiger partial charge in [0.15, 0.2) is 5.13 Å². The van der Waals surface area contributed by atoms with Crippen molar-refractivity contribution < 1.29 is 19.1 Å². The highest BCUT2D eigenvalue weighted by Crippen LogP contribution is 2.29. The second-order valence-corrected chi connectivity index (χ2v) is 11.3. The van der Waals surface area contributed by atoms with Crippen molar-refractivity contribution in [3.63, 3.8) is 0 Å². The van der Waals surface area contributed by atoms with Gasteiger partial charge in [-0.3, -0.25) is 14.4 Å². The van der Waals surface area contributed by atoms with Crippen LogP contribution in [0.5, 0.6) is 5.75 Å². The predicted octanol–water partition coefficient (Wildman–Crippen LogP) is 6.84. The van der Waals surface area contributed by atoms with Crippen molar-refractivity contribution in [1.82, 2.24) is 10.3 Å². The lowest BCUT2D eigenvalue weighted by Gasteiger charge is -2.12. The summed E-state index contributed by atoms with van der Waals surface area (Å²) in [5.41, 5.74) is 2.67. The number of nitrogens with zero attached hydrogens (tertiary/aromatic N) is 1. The highest BCUT2D eigenvalue weighted by atomic mass is 32.2. The molecule has 0 atom stereocenters. The summed E-state index contributed by atoms with van der Waals surface area (Å²) in [6.07, 6.45) is 1.63. The number of hydrogen-bond acceptors (Lipinski definition) is 7. The lowest BCUT2D eigenvalue weighted by molar-refractivity contribution is -0.114. The number of aromatic nitrogens is 1. The van der Waals surface area contributed by atoms with Crippen LogP contribution in [-0.2, 0) is 9.59 Å². The molecule has 0 bridgehead atoms. The summed E-state index contributed by atoms with van der Waals surface area (Å²) in [7, 11) is 0. The number of hydrogen-bond donors (Lipinski definition) is 3. The Labute approximate surface area is 257 Å². The number of nitrogens with one attached hydrogen (secondary N) is 3. The Morgan fingerprint density at radius 2 is 1.60 bits per heavy atom. The fraction of sp³-hybridized carbons (Fsp3) is 0.0909. The molecule has 0 aliphatic carbocycles. The molecule has 10 heteroatoms. The van der Waals surface area contributed by atoms with Gasteiger partial charge in [0.1, 0.15) is 11.4 Å². The second-order valence-electron chi connectivity index (χ2n) is 9.19. The monoisotopic (exact) mass is 608 g/mol. The number of fused-ring (bicyclic) bond motifs is 1. The Balaban J connectivity index is 1.18. The zero-order valence-electron chi connectivity index (χ0n) is 23.2. The Kier molecular flexibility index (Phi) is 9.83. The normalized spacial score (nSPS) is 11.1. The van der Waals surface area contributed by atoms with Gasteiger partial charge in [0.2, 0.25) is 5.91 Å². The molecule has 5 aromatic rings. The SMILES string of the molecule is CCOc1ccc2nc(NC(=O)CSc3ccc(NC(=O)/C(=C/c4ccccc4)NC(=O)c4ccccc4)cc3)sc2c1. The summed E-state index contributed by atoms with van der Waals surface area (Å²) >= 11 is 2.77. The Hall–Kier alpha value is -4.93. The van der Waals surface area contributed by atoms with E-state index in [-0.39, 0.29) is 23.3 Å². The van der Waals surface area contributed by atoms with Crippen LogP contribution in [-0.4, -0.2) is 35.1 Å². The first kappa shape index (κ1) is 29.6. The number of ether oxygens (including phenoxy) is 1. The summed E-state index contributed by atoms with van der Waals surface area (Å²) in [6.45, 7) is 2.51. The molecule has 5 rings (SSSR count). The van der Waals surface area contributed by atoms with E-state index >= 15 is 0 Å². The first-order valence-electron chi connectivity index (χ1n) is 13.5. The minimum absolute atomic E-state index is 0.110. The maximum absolute atomic E-state index is 13.2. The number of thioether (sulfide) groups is 1. The van der Waals surface area contributed by atoms with Crippen LogP contribution in [0, 0.1) is 0 Å². The summed E-state index contributed by atoms with van der Waals surface area (Å²) in [5.74, 6) is -0.0500. The lowest BCUT2D eigenvalue weighted by atomic mass is 10.1. The van der Waals surface area contributed by atoms with Gasteiger partial charge < -0.3 is 20.7 Å². The Morgan fingerprint density at radius 1 is 0.884 bits per heavy atom. The van der Waals surface area contributed by atoms with Gasteiger partial charge in [-0.15, -0.1) is 11.8 Å². The summed E-state index contributed by atoms with van der Waals surface area (Å²) in [6, 6.07) is 30.8. The first-order valence-corrected chi connectivity index (χ1v) is 15.3. The first-order chi connectivity index (χ1) is 21.0. The molecule has 8 nitrogen and oxygen atoms in total. The van der Waals surface area contributed by atoms with Gasteiger partial charge in [-0.05, 0) is 73.2 Å². The van der Waals surface area contributed by atoms with Crippen molar-refractivity contribution in [3.8, 4) is 5.75 Å². The van der Waals surface area contributed by atoms with Crippen LogP contribution in [0.1, 0.15) is 22.8 Å². The Bertz CT molecular complexity index is 1750. The third kappa shape index (κ3) is 8.31. The van der Waals surface area contributed by atoms with E-state index in [9.17, 15) is 14.4 Å². The zero-order chi connectivity index (χ0) is 30.0. The molecule has 0 aliphatic rings. The van der Waals surface area contributed by atoms with Crippen molar-refractivity contribution >= 4 is 67.9 Å². The van der Waals surface area contributed by atoms with Crippen LogP contribution in [0.15, 0.2) is 114 Å². The number of thiazole rings is 1. The van der Waals surface area contributed by atoms with E-state index in [1.54, 1.807) is 42.5 Å². The van der Waals surface area contributed by atoms with E-state index in [4.69, 9.17) is 4.74 Å². The maximum atomic E-state index is 13.2. The number of benzene rings is 4. The number of carbonyl (C=O) groups is 3. The number of amides is 3. The molecule has 0 fully saturated rings. The van der Waals surface area contributed by atoms with Crippen LogP contribution < -0.4 is 20.7 Å². The van der Waals surface area contributed by atoms with Gasteiger partial charge in [-0.25, -0.2) is 4.98 Å². The van der Waals surface area contributed by atoms with Crippen LogP contribution in [0.3, 0.4) is 0 Å². The molecule has 216 valence electrons. The van der Waals surface area contributed by atoms with Gasteiger partial charge in [0, 0.05) is 16.1 Å². The van der Waals surface area contributed by atoms with Crippen molar-refractivity contribution in [2.24, 2.45) is 0 Å². The van der Waals surface area contributed by atoms with Crippen LogP contribution >= 0.6 is 23.1 Å². The summed E-state index contributed by atoms with van der Waals surface area (Å²) < 4.78 is 6.47. The van der Waals surface area contributed by atoms with Crippen LogP contribution in [0.25, 0.3) is 16.3 Å². The van der Waals surface area contributed by atoms with Gasteiger partial charge in [-0.2, -0.15) is 0 Å². The van der Waals surface area contributed by atoms with Gasteiger partial charge >= 0.3 is 0 Å². The fourth-order valence-corrected chi connectivity index (χ4v) is 5.62. The zero-order valence-corrected chi connectivity index (χ0v) is 24.8. The molecule has 0 spiro atoms. The molecule has 1 heterocycles. The number of rotatable bonds is 11. The lowest BCUT2D eigenvalue weighted by Crippen LogP contribution is -2.30. The maximum Gasteiger partial charge on any atom is 0.272 e. The average molecular weight is 609 g/mol. The molecular weight excluding hydrogens is 581 g/mol. The van der Waals surface area contributed by atoms with Crippen LogP contribution in [0.2, 0.25) is 0 Å². The average Bonchev–Trinajstić information content (AvgIpc) is 3.43. The van der Waals surface area contributed by atoms with Crippen LogP contribution in [0.4, 0.5) is 10.8 Å². The quantitative estimate of drug-likeness (QED) is 0.112. The van der Waals surface area contributed by atoms with Crippen molar-refractivity contribution in [2.45, 2.75) is 11.8 Å². The topological polar surface area (TPSA) is 109 Å². The smallest absolute Gasteiger partial charge is 0.272 e. The standard InChI is InChI=1S/C33H28N4O4S2/c1-2-41-25-15-18-27-29(20-25)43-33(36-27)37-30(38)21-42-26-16-13-24(14-17-26)34-32(40)28(19-22-9-5-3-6-10-22)35-31(39)23-11-7-4-8-12-23/h3-20H,2,21H2,1H3,(H,34,40)(H,35,39)(H,36,37,38)/b28-19-. The van der Waals surface area contributed by atoms with Crippen molar-refractivity contribution in [2.75, 3.05) is 23.0 Å². The van der Waals surface area contributed by atoms with E-state index in [1.165, 1.54) is 23.1 Å². The number of anilines is 2. The molecule has 1 aromatic heterocycles. The third-order valence-electron chi connectivity index (χ3n) is 6.04. The van der Waals surface area contributed by atoms with E-state index in [1.807, 2.05) is 73.7 Å². The van der Waals surface area contributed by atoms with E-state index in [0.29, 0.717) is 23.0 Å². The van der Waals surface area contributed by atoms with E-state index < -0.39 is 5.91 Å². The number of carbonyl (C=O) groups excluding carboxylic acids is 3. The largest absolute Gasteiger partial charge is 0.494 e. The predicted molar refractivity (Wildman–Crippen MR) is 174 cm³/mol. The molecule has 4 aromatic carbocycles. The molecular formula is C33H28N4O4S2. The molecule has 3 N–H and O–H groups in total. The van der Waals surface area contributed by atoms with Crippen molar-refractivity contribution in [3.05, 3.63) is 120 Å². The molecule has 0 radical (unpaired) electrons. The van der Waals surface area contributed by atoms with Gasteiger partial charge in [-0.1, -0.05) is 59.9 Å². The molecule has 0 saturated heterocycles. The van der Waals surface area contributed by atoms with Crippen molar-refractivity contribution in [1.29, 1.82) is 0 Å². The van der Waals surface area contributed by atoms with Gasteiger partial charge in [0.05, 0.1) is 22.6 Å². The highest BCUT2D eigenvalue weighted by molar-refractivity contribution is 8.00. The second kappa shape index (κ2) is 14.3. The fourth-order valence-electron chi connectivity index (χ4n) is 4.01. The minimum atomic E-state index is -0.461. The summed E-state index contributed by atoms with van der Waals surface area (Å²) in [5, 5.41) is 8.97. The molecule has 0 saturated carbocycles. The van der Waals surface area contributed by atoms with E-state index in [2.05, 4.69) is 20.9 Å².